The Kier molecular flexibility index (Phi) is 9.95. The first-order valence-electron chi connectivity index (χ1n) is 12.1. The average Bonchev–Trinajstić information content (AvgIpc) is 2.88. The van der Waals surface area contributed by atoms with Crippen LogP contribution in [0.4, 0.5) is 5.82 Å². The molecule has 3 rings (SSSR count). The van der Waals surface area contributed by atoms with Gasteiger partial charge in [-0.2, -0.15) is 0 Å². The second-order valence-electron chi connectivity index (χ2n) is 8.20. The van der Waals surface area contributed by atoms with Crippen LogP contribution in [0.2, 0.25) is 0 Å². The van der Waals surface area contributed by atoms with Crippen LogP contribution >= 0.6 is 0 Å². The van der Waals surface area contributed by atoms with Gasteiger partial charge < -0.3 is 24.3 Å². The van der Waals surface area contributed by atoms with Gasteiger partial charge in [-0.15, -0.1) is 0 Å². The molecule has 0 aliphatic rings. The molecule has 0 amide bonds. The predicted molar refractivity (Wildman–Crippen MR) is 136 cm³/mol. The number of aromatic nitrogens is 2. The smallest absolute Gasteiger partial charge is 0.305 e. The van der Waals surface area contributed by atoms with Crippen molar-refractivity contribution in [1.29, 1.82) is 0 Å². The molecule has 0 unspecified atom stereocenters. The van der Waals surface area contributed by atoms with Crippen molar-refractivity contribution in [2.75, 3.05) is 32.8 Å². The van der Waals surface area contributed by atoms with Crippen molar-refractivity contribution >= 4 is 22.7 Å². The highest BCUT2D eigenvalue weighted by molar-refractivity contribution is 5.91. The van der Waals surface area contributed by atoms with E-state index < -0.39 is 0 Å². The fraction of sp³-hybridized carbons (Fsp3) is 0.444. The number of benzene rings is 2. The van der Waals surface area contributed by atoms with Crippen molar-refractivity contribution < 1.29 is 23.7 Å². The number of esters is 1. The maximum Gasteiger partial charge on any atom is 0.305 e. The quantitative estimate of drug-likeness (QED) is 0.231. The lowest BCUT2D eigenvalue weighted by Crippen LogP contribution is -2.09. The zero-order chi connectivity index (χ0) is 25.0. The Morgan fingerprint density at radius 1 is 0.971 bits per heavy atom. The van der Waals surface area contributed by atoms with E-state index in [0.29, 0.717) is 31.1 Å². The molecule has 8 nitrogen and oxygen atoms in total. The molecule has 0 saturated heterocycles. The van der Waals surface area contributed by atoms with E-state index in [4.69, 9.17) is 18.9 Å². The number of nitrogens with zero attached hydrogens (tertiary/aromatic N) is 2. The Balaban J connectivity index is 1.63. The highest BCUT2D eigenvalue weighted by Crippen LogP contribution is 2.35. The summed E-state index contributed by atoms with van der Waals surface area (Å²) >= 11 is 0. The SMILES string of the molecule is CCOC(=O)CCCCCCOc1cc2c(N[C@H](C)c3ccc(OC)cc3)ncnc2cc1OC. The fourth-order valence-electron chi connectivity index (χ4n) is 3.77. The topological polar surface area (TPSA) is 91.8 Å². The molecule has 1 heterocycles. The molecule has 0 aliphatic carbocycles. The molecule has 0 bridgehead atoms. The summed E-state index contributed by atoms with van der Waals surface area (Å²) in [5.41, 5.74) is 1.89. The first-order valence-corrected chi connectivity index (χ1v) is 12.1. The Hall–Kier alpha value is -3.55. The number of hydrogen-bond donors (Lipinski definition) is 1. The second kappa shape index (κ2) is 13.4. The summed E-state index contributed by atoms with van der Waals surface area (Å²) in [7, 11) is 3.28. The summed E-state index contributed by atoms with van der Waals surface area (Å²) < 4.78 is 21.8. The summed E-state index contributed by atoms with van der Waals surface area (Å²) in [5, 5.41) is 4.35. The Morgan fingerprint density at radius 2 is 1.74 bits per heavy atom. The van der Waals surface area contributed by atoms with E-state index in [1.165, 1.54) is 0 Å². The second-order valence-corrected chi connectivity index (χ2v) is 8.20. The molecule has 188 valence electrons. The fourth-order valence-corrected chi connectivity index (χ4v) is 3.77. The average molecular weight is 482 g/mol. The minimum Gasteiger partial charge on any atom is -0.497 e. The van der Waals surface area contributed by atoms with Gasteiger partial charge in [-0.05, 0) is 50.5 Å². The van der Waals surface area contributed by atoms with Crippen molar-refractivity contribution in [1.82, 2.24) is 9.97 Å². The van der Waals surface area contributed by atoms with Gasteiger partial charge in [-0.1, -0.05) is 25.0 Å². The zero-order valence-corrected chi connectivity index (χ0v) is 21.0. The van der Waals surface area contributed by atoms with E-state index in [2.05, 4.69) is 22.2 Å². The number of hydrogen-bond acceptors (Lipinski definition) is 8. The molecule has 1 N–H and O–H groups in total. The number of ether oxygens (including phenoxy) is 4. The van der Waals surface area contributed by atoms with Crippen LogP contribution in [0.1, 0.15) is 57.6 Å². The lowest BCUT2D eigenvalue weighted by molar-refractivity contribution is -0.143. The summed E-state index contributed by atoms with van der Waals surface area (Å²) in [5.74, 6) is 2.71. The maximum atomic E-state index is 11.4. The van der Waals surface area contributed by atoms with Gasteiger partial charge in [0.05, 0.1) is 33.0 Å². The standard InChI is InChI=1S/C27H35N3O5/c1-5-34-26(31)10-8-6-7-9-15-35-25-16-22-23(17-24(25)33-4)28-18-29-27(22)30-19(2)20-11-13-21(32-3)14-12-20/h11-14,16-19H,5-10,15H2,1-4H3,(H,28,29,30)/t19-/m1/s1. The molecule has 1 atom stereocenters. The van der Waals surface area contributed by atoms with E-state index in [0.717, 1.165) is 53.7 Å². The van der Waals surface area contributed by atoms with Crippen LogP contribution < -0.4 is 19.5 Å². The van der Waals surface area contributed by atoms with Gasteiger partial charge in [0, 0.05) is 23.9 Å². The monoisotopic (exact) mass is 481 g/mol. The molecule has 8 heteroatoms. The number of carbonyl (C=O) groups is 1. The van der Waals surface area contributed by atoms with E-state index in [9.17, 15) is 4.79 Å². The van der Waals surface area contributed by atoms with Gasteiger partial charge in [-0.3, -0.25) is 4.79 Å². The third-order valence-electron chi connectivity index (χ3n) is 5.73. The summed E-state index contributed by atoms with van der Waals surface area (Å²) in [6.07, 6.45) is 5.66. The van der Waals surface area contributed by atoms with Crippen molar-refractivity contribution in [2.24, 2.45) is 0 Å². The van der Waals surface area contributed by atoms with Crippen molar-refractivity contribution in [3.63, 3.8) is 0 Å². The van der Waals surface area contributed by atoms with Crippen LogP contribution in [-0.4, -0.2) is 43.4 Å². The normalized spacial score (nSPS) is 11.7. The number of unbranched alkanes of at least 4 members (excludes halogenated alkanes) is 3. The number of carbonyl (C=O) groups excluding carboxylic acids is 1. The first kappa shape index (κ1) is 26.1. The molecule has 0 saturated carbocycles. The third-order valence-corrected chi connectivity index (χ3v) is 5.73. The number of methoxy groups -OCH3 is 2. The number of fused-ring (bicyclic) bond motifs is 1. The number of anilines is 1. The predicted octanol–water partition coefficient (Wildman–Crippen LogP) is 5.71. The lowest BCUT2D eigenvalue weighted by atomic mass is 10.1. The summed E-state index contributed by atoms with van der Waals surface area (Å²) in [4.78, 5) is 20.3. The zero-order valence-electron chi connectivity index (χ0n) is 21.0. The summed E-state index contributed by atoms with van der Waals surface area (Å²) in [6.45, 7) is 4.89. The van der Waals surface area contributed by atoms with E-state index in [1.807, 2.05) is 43.3 Å². The highest BCUT2D eigenvalue weighted by Gasteiger charge is 2.14. The minimum atomic E-state index is -0.127. The van der Waals surface area contributed by atoms with Crippen molar-refractivity contribution in [2.45, 2.75) is 52.0 Å². The minimum absolute atomic E-state index is 0.0279. The Bertz CT molecular complexity index is 1090. The van der Waals surface area contributed by atoms with Gasteiger partial charge in [0.1, 0.15) is 17.9 Å². The van der Waals surface area contributed by atoms with E-state index in [-0.39, 0.29) is 12.0 Å². The summed E-state index contributed by atoms with van der Waals surface area (Å²) in [6, 6.07) is 11.8. The molecule has 0 fully saturated rings. The number of nitrogens with one attached hydrogen (secondary N) is 1. The van der Waals surface area contributed by atoms with E-state index in [1.54, 1.807) is 20.5 Å². The van der Waals surface area contributed by atoms with Gasteiger partial charge in [0.15, 0.2) is 11.5 Å². The molecule has 0 aliphatic heterocycles. The van der Waals surface area contributed by atoms with Crippen LogP contribution in [0.3, 0.4) is 0 Å². The van der Waals surface area contributed by atoms with Crippen molar-refractivity contribution in [3.8, 4) is 17.2 Å². The van der Waals surface area contributed by atoms with Crippen LogP contribution in [0.25, 0.3) is 10.9 Å². The van der Waals surface area contributed by atoms with Crippen molar-refractivity contribution in [3.05, 3.63) is 48.3 Å². The molecule has 2 aromatic carbocycles. The van der Waals surface area contributed by atoms with Gasteiger partial charge in [0.25, 0.3) is 0 Å². The largest absolute Gasteiger partial charge is 0.497 e. The maximum absolute atomic E-state index is 11.4. The van der Waals surface area contributed by atoms with Crippen LogP contribution in [-0.2, 0) is 9.53 Å². The molecule has 1 aromatic heterocycles. The Labute approximate surface area is 207 Å². The van der Waals surface area contributed by atoms with Gasteiger partial charge >= 0.3 is 5.97 Å². The molecular weight excluding hydrogens is 446 g/mol. The van der Waals surface area contributed by atoms with Crippen LogP contribution in [0.15, 0.2) is 42.7 Å². The van der Waals surface area contributed by atoms with Crippen LogP contribution in [0, 0.1) is 0 Å². The van der Waals surface area contributed by atoms with Crippen LogP contribution in [0.5, 0.6) is 17.2 Å². The molecule has 0 spiro atoms. The van der Waals surface area contributed by atoms with Gasteiger partial charge in [0.2, 0.25) is 0 Å². The molecular formula is C27H35N3O5. The molecule has 35 heavy (non-hydrogen) atoms. The first-order chi connectivity index (χ1) is 17.0. The van der Waals surface area contributed by atoms with E-state index >= 15 is 0 Å². The molecule has 0 radical (unpaired) electrons. The lowest BCUT2D eigenvalue weighted by Gasteiger charge is -2.18. The number of rotatable bonds is 14. The Morgan fingerprint density at radius 3 is 2.46 bits per heavy atom. The molecule has 3 aromatic rings. The third kappa shape index (κ3) is 7.47. The highest BCUT2D eigenvalue weighted by atomic mass is 16.5. The van der Waals surface area contributed by atoms with Gasteiger partial charge in [-0.25, -0.2) is 9.97 Å².